The summed E-state index contributed by atoms with van der Waals surface area (Å²) < 4.78 is 68.1. The number of halogens is 3. The van der Waals surface area contributed by atoms with Gasteiger partial charge in [0.1, 0.15) is 18.5 Å². The van der Waals surface area contributed by atoms with Crippen LogP contribution in [0.1, 0.15) is 15.9 Å². The Morgan fingerprint density at radius 2 is 1.80 bits per heavy atom. The summed E-state index contributed by atoms with van der Waals surface area (Å²) in [6.07, 6.45) is -5.59. The van der Waals surface area contributed by atoms with Crippen molar-refractivity contribution in [2.24, 2.45) is 0 Å². The zero-order valence-electron chi connectivity index (χ0n) is 16.2. The molecule has 0 aliphatic rings. The normalized spacial score (nSPS) is 13.2. The van der Waals surface area contributed by atoms with Crippen LogP contribution in [0.5, 0.6) is 5.75 Å². The molecule has 0 bridgehead atoms. The molecule has 0 saturated carbocycles. The Bertz CT molecular complexity index is 976. The van der Waals surface area contributed by atoms with Crippen LogP contribution >= 0.6 is 0 Å². The molecule has 0 spiro atoms. The molecule has 7 nitrogen and oxygen atoms in total. The van der Waals surface area contributed by atoms with Crippen molar-refractivity contribution in [1.82, 2.24) is 9.62 Å². The standard InChI is InChI=1S/C19H21F3N2O5S/c1-24(2)30(27,28)17-5-3-4-13(10-17)18(26)23-11-15(25)12-29-16-8-6-14(7-9-16)19(20,21)22/h3-10,15,25H,11-12H2,1-2H3,(H,23,26). The highest BCUT2D eigenvalue weighted by atomic mass is 32.2. The van der Waals surface area contributed by atoms with Gasteiger partial charge in [0.2, 0.25) is 10.0 Å². The summed E-state index contributed by atoms with van der Waals surface area (Å²) in [4.78, 5) is 12.2. The number of aliphatic hydroxyl groups excluding tert-OH is 1. The summed E-state index contributed by atoms with van der Waals surface area (Å²) in [5.41, 5.74) is -0.727. The number of amides is 1. The maximum absolute atomic E-state index is 12.5. The number of carbonyl (C=O) groups excluding carboxylic acids is 1. The van der Waals surface area contributed by atoms with Gasteiger partial charge in [-0.15, -0.1) is 0 Å². The van der Waals surface area contributed by atoms with Gasteiger partial charge in [-0.2, -0.15) is 13.2 Å². The van der Waals surface area contributed by atoms with Crippen LogP contribution in [-0.4, -0.2) is 57.1 Å². The van der Waals surface area contributed by atoms with Crippen molar-refractivity contribution in [3.8, 4) is 5.75 Å². The van der Waals surface area contributed by atoms with E-state index in [1.807, 2.05) is 0 Å². The van der Waals surface area contributed by atoms with E-state index in [1.165, 1.54) is 38.4 Å². The number of hydrogen-bond acceptors (Lipinski definition) is 5. The predicted molar refractivity (Wildman–Crippen MR) is 103 cm³/mol. The Morgan fingerprint density at radius 3 is 2.37 bits per heavy atom. The number of benzene rings is 2. The summed E-state index contributed by atoms with van der Waals surface area (Å²) in [7, 11) is -0.962. The van der Waals surface area contributed by atoms with Crippen LogP contribution in [-0.2, 0) is 16.2 Å². The number of alkyl halides is 3. The van der Waals surface area contributed by atoms with Crippen LogP contribution in [0.4, 0.5) is 13.2 Å². The minimum absolute atomic E-state index is 0.0497. The molecule has 1 atom stereocenters. The molecule has 0 radical (unpaired) electrons. The number of nitrogens with one attached hydrogen (secondary N) is 1. The minimum atomic E-state index is -4.45. The lowest BCUT2D eigenvalue weighted by Crippen LogP contribution is -2.35. The van der Waals surface area contributed by atoms with E-state index >= 15 is 0 Å². The zero-order valence-corrected chi connectivity index (χ0v) is 17.0. The lowest BCUT2D eigenvalue weighted by Gasteiger charge is -2.15. The van der Waals surface area contributed by atoms with Crippen molar-refractivity contribution in [3.05, 3.63) is 59.7 Å². The number of rotatable bonds is 8. The lowest BCUT2D eigenvalue weighted by molar-refractivity contribution is -0.137. The van der Waals surface area contributed by atoms with Crippen molar-refractivity contribution in [2.45, 2.75) is 17.2 Å². The van der Waals surface area contributed by atoms with E-state index in [4.69, 9.17) is 4.74 Å². The first kappa shape index (κ1) is 23.6. The highest BCUT2D eigenvalue weighted by molar-refractivity contribution is 7.89. The molecule has 0 aliphatic carbocycles. The van der Waals surface area contributed by atoms with E-state index in [2.05, 4.69) is 5.32 Å². The van der Waals surface area contributed by atoms with Crippen LogP contribution in [0.25, 0.3) is 0 Å². The molecule has 0 heterocycles. The summed E-state index contributed by atoms with van der Waals surface area (Å²) in [5.74, 6) is -0.464. The SMILES string of the molecule is CN(C)S(=O)(=O)c1cccc(C(=O)NCC(O)COc2ccc(C(F)(F)F)cc2)c1. The molecule has 11 heteroatoms. The van der Waals surface area contributed by atoms with Crippen LogP contribution in [0, 0.1) is 0 Å². The second kappa shape index (κ2) is 9.45. The van der Waals surface area contributed by atoms with Gasteiger partial charge in [0.25, 0.3) is 5.91 Å². The van der Waals surface area contributed by atoms with E-state index in [0.29, 0.717) is 0 Å². The average Bonchev–Trinajstić information content (AvgIpc) is 2.70. The van der Waals surface area contributed by atoms with Crippen LogP contribution in [0.3, 0.4) is 0 Å². The van der Waals surface area contributed by atoms with Gasteiger partial charge in [-0.25, -0.2) is 12.7 Å². The summed E-state index contributed by atoms with van der Waals surface area (Å²) in [6, 6.07) is 9.41. The number of ether oxygens (including phenoxy) is 1. The average molecular weight is 446 g/mol. The van der Waals surface area contributed by atoms with Gasteiger partial charge in [-0.05, 0) is 42.5 Å². The lowest BCUT2D eigenvalue weighted by atomic mass is 10.2. The molecular weight excluding hydrogens is 425 g/mol. The van der Waals surface area contributed by atoms with Gasteiger partial charge in [-0.3, -0.25) is 4.79 Å². The van der Waals surface area contributed by atoms with Crippen LogP contribution < -0.4 is 10.1 Å². The molecule has 164 valence electrons. The first-order valence-corrected chi connectivity index (χ1v) is 10.1. The summed E-state index contributed by atoms with van der Waals surface area (Å²) in [5, 5.41) is 12.4. The zero-order chi connectivity index (χ0) is 22.5. The highest BCUT2D eigenvalue weighted by Crippen LogP contribution is 2.30. The molecule has 30 heavy (non-hydrogen) atoms. The van der Waals surface area contributed by atoms with Gasteiger partial charge in [0.05, 0.1) is 10.5 Å². The number of aliphatic hydroxyl groups is 1. The monoisotopic (exact) mass is 446 g/mol. The Labute approximate surface area is 172 Å². The van der Waals surface area contributed by atoms with Crippen molar-refractivity contribution < 1.29 is 36.2 Å². The second-order valence-corrected chi connectivity index (χ2v) is 8.66. The molecule has 1 unspecified atom stereocenters. The first-order valence-electron chi connectivity index (χ1n) is 8.70. The van der Waals surface area contributed by atoms with Crippen molar-refractivity contribution in [2.75, 3.05) is 27.2 Å². The van der Waals surface area contributed by atoms with Crippen molar-refractivity contribution in [1.29, 1.82) is 0 Å². The number of carbonyl (C=O) groups is 1. The molecule has 2 aromatic carbocycles. The maximum atomic E-state index is 12.5. The Morgan fingerprint density at radius 1 is 1.17 bits per heavy atom. The Balaban J connectivity index is 1.89. The largest absolute Gasteiger partial charge is 0.491 e. The number of hydrogen-bond donors (Lipinski definition) is 2. The smallest absolute Gasteiger partial charge is 0.416 e. The van der Waals surface area contributed by atoms with E-state index in [-0.39, 0.29) is 29.4 Å². The fraction of sp³-hybridized carbons (Fsp3) is 0.316. The van der Waals surface area contributed by atoms with E-state index < -0.39 is 33.8 Å². The molecule has 2 rings (SSSR count). The number of nitrogens with zero attached hydrogens (tertiary/aromatic N) is 1. The molecule has 2 aromatic rings. The maximum Gasteiger partial charge on any atom is 0.416 e. The minimum Gasteiger partial charge on any atom is -0.491 e. The Kier molecular flexibility index (Phi) is 7.45. The van der Waals surface area contributed by atoms with Crippen molar-refractivity contribution in [3.63, 3.8) is 0 Å². The fourth-order valence-corrected chi connectivity index (χ4v) is 3.26. The summed E-state index contributed by atoms with van der Waals surface area (Å²) >= 11 is 0. The molecule has 0 fully saturated rings. The van der Waals surface area contributed by atoms with E-state index in [0.717, 1.165) is 28.6 Å². The van der Waals surface area contributed by atoms with E-state index in [9.17, 15) is 31.5 Å². The molecular formula is C19H21F3N2O5S. The molecule has 0 aliphatic heterocycles. The third-order valence-electron chi connectivity index (χ3n) is 4.00. The van der Waals surface area contributed by atoms with Crippen molar-refractivity contribution >= 4 is 15.9 Å². The Hall–Kier alpha value is -2.63. The van der Waals surface area contributed by atoms with Crippen LogP contribution in [0.15, 0.2) is 53.4 Å². The second-order valence-electron chi connectivity index (χ2n) is 6.51. The quantitative estimate of drug-likeness (QED) is 0.648. The highest BCUT2D eigenvalue weighted by Gasteiger charge is 2.30. The predicted octanol–water partition coefficient (Wildman–Crippen LogP) is 2.13. The molecule has 0 aromatic heterocycles. The van der Waals surface area contributed by atoms with Gasteiger partial charge < -0.3 is 15.2 Å². The summed E-state index contributed by atoms with van der Waals surface area (Å²) in [6.45, 7) is -0.467. The van der Waals surface area contributed by atoms with Crippen LogP contribution in [0.2, 0.25) is 0 Å². The third-order valence-corrected chi connectivity index (χ3v) is 5.81. The van der Waals surface area contributed by atoms with Gasteiger partial charge in [0, 0.05) is 26.2 Å². The van der Waals surface area contributed by atoms with Gasteiger partial charge in [-0.1, -0.05) is 6.07 Å². The molecule has 2 N–H and O–H groups in total. The molecule has 0 saturated heterocycles. The van der Waals surface area contributed by atoms with Gasteiger partial charge in [0.15, 0.2) is 0 Å². The fourth-order valence-electron chi connectivity index (χ4n) is 2.31. The van der Waals surface area contributed by atoms with Gasteiger partial charge >= 0.3 is 6.18 Å². The van der Waals surface area contributed by atoms with E-state index in [1.54, 1.807) is 0 Å². The third kappa shape index (κ3) is 6.18. The number of sulfonamides is 1. The topological polar surface area (TPSA) is 95.9 Å². The molecule has 1 amide bonds. The first-order chi connectivity index (χ1) is 13.9.